The van der Waals surface area contributed by atoms with Gasteiger partial charge < -0.3 is 35.1 Å². The monoisotopic (exact) mass is 881 g/mol. The third-order valence-corrected chi connectivity index (χ3v) is 21.5. The van der Waals surface area contributed by atoms with Crippen LogP contribution in [0, 0.1) is 59.2 Å². The van der Waals surface area contributed by atoms with Crippen LogP contribution >= 0.6 is 22.7 Å². The Balaban J connectivity index is 0.567. The largest absolute Gasteiger partial charge is 0.493 e. The minimum atomic E-state index is 0.250. The van der Waals surface area contributed by atoms with Gasteiger partial charge >= 0.3 is 0 Å². The zero-order valence-electron chi connectivity index (χ0n) is 36.6. The molecule has 5 aromatic heterocycles. The zero-order chi connectivity index (χ0) is 41.1. The summed E-state index contributed by atoms with van der Waals surface area (Å²) in [5.41, 5.74) is 7.71. The summed E-state index contributed by atoms with van der Waals surface area (Å²) in [5.74, 6) is 12.0. The Hall–Kier alpha value is -3.22. The van der Waals surface area contributed by atoms with Crippen LogP contribution in [0.25, 0.3) is 31.7 Å². The van der Waals surface area contributed by atoms with Crippen molar-refractivity contribution >= 4 is 54.3 Å². The minimum absolute atomic E-state index is 0.250. The normalized spacial score (nSPS) is 40.5. The van der Waals surface area contributed by atoms with Crippen molar-refractivity contribution in [2.45, 2.75) is 145 Å². The SMILES string of the molecule is c1cc2nc(CNC34CC5CC(C3)C(c3cc6[nH]c(CNC78CC9CC(C7)C(COc7ccc%10nc(CNC%11%12CC%13CC(CC(C%13)C%11)C%12)[nH]c%10c7)C(C9)C8)cc6o3)C(C5)C4)sc2s1. The Kier molecular flexibility index (Phi) is 8.38. The maximum absolute atomic E-state index is 6.80. The Bertz CT molecular complexity index is 2590. The van der Waals surface area contributed by atoms with E-state index in [2.05, 4.69) is 67.7 Å². The number of nitrogens with zero attached hydrogens (tertiary/aromatic N) is 2. The first-order chi connectivity index (χ1) is 30.8. The fourth-order valence-electron chi connectivity index (χ4n) is 17.9. The molecule has 63 heavy (non-hydrogen) atoms. The molecular weight excluding hydrogens is 819 g/mol. The van der Waals surface area contributed by atoms with Gasteiger partial charge in [0.05, 0.1) is 35.2 Å². The van der Waals surface area contributed by atoms with Crippen LogP contribution in [0.1, 0.15) is 131 Å². The predicted octanol–water partition coefficient (Wildman–Crippen LogP) is 11.2. The summed E-state index contributed by atoms with van der Waals surface area (Å²) >= 11 is 3.69. The van der Waals surface area contributed by atoms with Gasteiger partial charge in [0.25, 0.3) is 0 Å². The number of benzene rings is 1. The molecule has 12 aliphatic carbocycles. The number of fused-ring (bicyclic) bond motifs is 3. The number of thiophene rings is 1. The second-order valence-electron chi connectivity index (χ2n) is 23.5. The molecule has 330 valence electrons. The number of H-pyrrole nitrogens is 2. The van der Waals surface area contributed by atoms with Crippen molar-refractivity contribution in [3.05, 3.63) is 64.1 Å². The molecule has 0 saturated heterocycles. The molecule has 12 fully saturated rings. The molecular formula is C52H63N7O2S2. The van der Waals surface area contributed by atoms with E-state index in [-0.39, 0.29) is 11.1 Å². The van der Waals surface area contributed by atoms with Gasteiger partial charge in [0.15, 0.2) is 5.58 Å². The average Bonchev–Trinajstić information content (AvgIpc) is 4.08. The van der Waals surface area contributed by atoms with E-state index < -0.39 is 0 Å². The molecule has 12 saturated carbocycles. The van der Waals surface area contributed by atoms with E-state index in [4.69, 9.17) is 19.1 Å². The van der Waals surface area contributed by atoms with E-state index in [9.17, 15) is 0 Å². The highest BCUT2D eigenvalue weighted by molar-refractivity contribution is 7.37. The highest BCUT2D eigenvalue weighted by atomic mass is 32.2. The number of ether oxygens (including phenoxy) is 1. The molecule has 0 amide bonds. The second kappa shape index (κ2) is 13.9. The van der Waals surface area contributed by atoms with Gasteiger partial charge in [-0.05, 0) is 185 Å². The molecule has 9 nitrogen and oxygen atoms in total. The maximum atomic E-state index is 6.80. The van der Waals surface area contributed by atoms with Crippen molar-refractivity contribution < 1.29 is 9.15 Å². The first-order valence-electron chi connectivity index (χ1n) is 25.1. The van der Waals surface area contributed by atoms with E-state index in [0.717, 1.165) is 95.9 Å². The number of hydrogen-bond donors (Lipinski definition) is 5. The lowest BCUT2D eigenvalue weighted by atomic mass is 9.48. The molecule has 5 heterocycles. The zero-order valence-corrected chi connectivity index (χ0v) is 38.2. The summed E-state index contributed by atoms with van der Waals surface area (Å²) in [7, 11) is 0. The first-order valence-corrected chi connectivity index (χ1v) is 26.8. The number of nitrogens with one attached hydrogen (secondary N) is 5. The standard InChI is InChI=1S/C52H63N7O2S2/c1-2-40-42(58-46(57-40)25-54-50-15-28-5-29(16-50)7-30(6-28)17-50)13-38(1)60-27-39-33-8-31-9-34(39)21-51(18-31,20-33)53-24-37-12-44-43(56-37)14-45(61-44)48-35-10-32-11-36(48)23-52(19-32,22-35)55-26-47-59-41-3-4-62-49(41)63-47/h1-4,12-14,28-36,39,48,53-56H,5-11,15-27H2,(H,57,58). The van der Waals surface area contributed by atoms with Gasteiger partial charge in [0, 0.05) is 59.5 Å². The average molecular weight is 882 g/mol. The quantitative estimate of drug-likeness (QED) is 0.0784. The smallest absolute Gasteiger partial charge is 0.152 e. The molecule has 0 aliphatic heterocycles. The van der Waals surface area contributed by atoms with Crippen molar-refractivity contribution in [1.29, 1.82) is 0 Å². The van der Waals surface area contributed by atoms with E-state index in [1.165, 1.54) is 134 Å². The van der Waals surface area contributed by atoms with Crippen molar-refractivity contribution in [3.63, 3.8) is 0 Å². The van der Waals surface area contributed by atoms with Crippen LogP contribution in [0.2, 0.25) is 0 Å². The first kappa shape index (κ1) is 37.9. The molecule has 5 N–H and O–H groups in total. The van der Waals surface area contributed by atoms with Gasteiger partial charge in [-0.1, -0.05) is 0 Å². The van der Waals surface area contributed by atoms with Gasteiger partial charge in [-0.3, -0.25) is 0 Å². The van der Waals surface area contributed by atoms with Crippen LogP contribution in [0.4, 0.5) is 0 Å². The van der Waals surface area contributed by atoms with E-state index in [1.807, 2.05) is 22.7 Å². The molecule has 12 bridgehead atoms. The van der Waals surface area contributed by atoms with Gasteiger partial charge in [0.1, 0.15) is 26.4 Å². The minimum Gasteiger partial charge on any atom is -0.493 e. The van der Waals surface area contributed by atoms with Crippen LogP contribution in [0.3, 0.4) is 0 Å². The van der Waals surface area contributed by atoms with Crippen LogP contribution in [0.15, 0.2) is 46.2 Å². The van der Waals surface area contributed by atoms with Crippen molar-refractivity contribution in [1.82, 2.24) is 35.9 Å². The lowest BCUT2D eigenvalue weighted by molar-refractivity contribution is -0.0799. The fourth-order valence-corrected chi connectivity index (χ4v) is 19.8. The van der Waals surface area contributed by atoms with Crippen LogP contribution in [-0.2, 0) is 19.6 Å². The molecule has 12 aliphatic rings. The molecule has 11 heteroatoms. The van der Waals surface area contributed by atoms with Crippen LogP contribution in [0.5, 0.6) is 5.75 Å². The lowest BCUT2D eigenvalue weighted by Crippen LogP contribution is -2.61. The molecule has 0 radical (unpaired) electrons. The summed E-state index contributed by atoms with van der Waals surface area (Å²) < 4.78 is 14.8. The summed E-state index contributed by atoms with van der Waals surface area (Å²) in [6.07, 6.45) is 21.8. The lowest BCUT2D eigenvalue weighted by Gasteiger charge is -2.60. The second-order valence-corrected chi connectivity index (χ2v) is 25.8. The van der Waals surface area contributed by atoms with Crippen LogP contribution < -0.4 is 20.7 Å². The van der Waals surface area contributed by atoms with Gasteiger partial charge in [0.2, 0.25) is 0 Å². The number of rotatable bonds is 13. The Morgan fingerprint density at radius 3 is 2.00 bits per heavy atom. The molecule has 1 aromatic carbocycles. The predicted molar refractivity (Wildman–Crippen MR) is 250 cm³/mol. The third kappa shape index (κ3) is 6.42. The van der Waals surface area contributed by atoms with E-state index >= 15 is 0 Å². The highest BCUT2D eigenvalue weighted by Gasteiger charge is 2.57. The third-order valence-electron chi connectivity index (χ3n) is 19.4. The van der Waals surface area contributed by atoms with Crippen molar-refractivity contribution in [3.8, 4) is 5.75 Å². The van der Waals surface area contributed by atoms with Gasteiger partial charge in [-0.25, -0.2) is 9.97 Å². The topological polar surface area (TPSA) is 116 Å². The number of imidazole rings is 1. The highest BCUT2D eigenvalue weighted by Crippen LogP contribution is 2.62. The number of thiazole rings is 1. The number of aromatic amines is 2. The summed E-state index contributed by atoms with van der Waals surface area (Å²) in [5, 5.41) is 15.7. The Morgan fingerprint density at radius 2 is 1.29 bits per heavy atom. The van der Waals surface area contributed by atoms with Gasteiger partial charge in [-0.15, -0.1) is 22.7 Å². The number of hydrogen-bond acceptors (Lipinski definition) is 9. The molecule has 0 spiro atoms. The Labute approximate surface area is 378 Å². The molecule has 18 rings (SSSR count). The van der Waals surface area contributed by atoms with Gasteiger partial charge in [-0.2, -0.15) is 0 Å². The summed E-state index contributed by atoms with van der Waals surface area (Å²) in [6, 6.07) is 13.4. The molecule has 6 aromatic rings. The van der Waals surface area contributed by atoms with Crippen molar-refractivity contribution in [2.24, 2.45) is 59.2 Å². The van der Waals surface area contributed by atoms with Crippen molar-refractivity contribution in [2.75, 3.05) is 6.61 Å². The summed E-state index contributed by atoms with van der Waals surface area (Å²) in [6.45, 7) is 3.47. The molecule has 4 unspecified atom stereocenters. The van der Waals surface area contributed by atoms with Crippen LogP contribution in [-0.4, -0.2) is 43.2 Å². The van der Waals surface area contributed by atoms with E-state index in [1.54, 1.807) is 0 Å². The number of aromatic nitrogens is 4. The molecule has 4 atom stereocenters. The maximum Gasteiger partial charge on any atom is 0.152 e. The van der Waals surface area contributed by atoms with E-state index in [0.29, 0.717) is 29.2 Å². The Morgan fingerprint density at radius 1 is 0.635 bits per heavy atom. The fraction of sp³-hybridized carbons (Fsp3) is 0.654. The number of furan rings is 1. The summed E-state index contributed by atoms with van der Waals surface area (Å²) in [4.78, 5) is 17.4.